The number of aryl methyl sites for hydroxylation is 1. The SMILES string of the molecule is CN1CCCc2cc3c(cc21)C(CC(=O)O)CCCO3. The zero-order valence-electron chi connectivity index (χ0n) is 11.9. The van der Waals surface area contributed by atoms with Crippen LogP contribution in [0.3, 0.4) is 0 Å². The summed E-state index contributed by atoms with van der Waals surface area (Å²) in [4.78, 5) is 13.4. The van der Waals surface area contributed by atoms with Crippen molar-refractivity contribution in [3.05, 3.63) is 23.3 Å². The Morgan fingerprint density at radius 2 is 2.30 bits per heavy atom. The van der Waals surface area contributed by atoms with Crippen molar-refractivity contribution >= 4 is 11.7 Å². The molecule has 2 aliphatic heterocycles. The van der Waals surface area contributed by atoms with Gasteiger partial charge in [0.1, 0.15) is 5.75 Å². The molecule has 1 aromatic rings. The smallest absolute Gasteiger partial charge is 0.303 e. The number of hydrogen-bond donors (Lipinski definition) is 1. The fourth-order valence-corrected chi connectivity index (χ4v) is 3.34. The quantitative estimate of drug-likeness (QED) is 0.901. The molecule has 1 aromatic carbocycles. The molecule has 4 heteroatoms. The molecule has 0 saturated heterocycles. The van der Waals surface area contributed by atoms with Crippen molar-refractivity contribution in [3.8, 4) is 5.75 Å². The van der Waals surface area contributed by atoms with E-state index in [1.54, 1.807) is 0 Å². The van der Waals surface area contributed by atoms with Gasteiger partial charge in [0.05, 0.1) is 13.0 Å². The Bertz CT molecular complexity index is 527. The molecule has 3 rings (SSSR count). The lowest BCUT2D eigenvalue weighted by Gasteiger charge is -2.29. The van der Waals surface area contributed by atoms with Crippen molar-refractivity contribution < 1.29 is 14.6 Å². The van der Waals surface area contributed by atoms with E-state index in [9.17, 15) is 4.79 Å². The van der Waals surface area contributed by atoms with Crippen LogP contribution in [0, 0.1) is 0 Å². The largest absolute Gasteiger partial charge is 0.493 e. The molecule has 2 heterocycles. The van der Waals surface area contributed by atoms with Crippen LogP contribution in [0.2, 0.25) is 0 Å². The Kier molecular flexibility index (Phi) is 3.55. The minimum Gasteiger partial charge on any atom is -0.493 e. The number of hydrogen-bond acceptors (Lipinski definition) is 3. The van der Waals surface area contributed by atoms with Crippen LogP contribution in [-0.2, 0) is 11.2 Å². The Balaban J connectivity index is 2.03. The van der Waals surface area contributed by atoms with Crippen molar-refractivity contribution in [3.63, 3.8) is 0 Å². The number of rotatable bonds is 2. The number of nitrogens with zero attached hydrogens (tertiary/aromatic N) is 1. The number of carboxylic acid groups (broad SMARTS) is 1. The van der Waals surface area contributed by atoms with Crippen LogP contribution < -0.4 is 9.64 Å². The van der Waals surface area contributed by atoms with Gasteiger partial charge in [-0.15, -0.1) is 0 Å². The monoisotopic (exact) mass is 275 g/mol. The van der Waals surface area contributed by atoms with Gasteiger partial charge in [-0.1, -0.05) is 0 Å². The first-order valence-electron chi connectivity index (χ1n) is 7.37. The topological polar surface area (TPSA) is 49.8 Å². The van der Waals surface area contributed by atoms with E-state index in [1.165, 1.54) is 17.7 Å². The third kappa shape index (κ3) is 2.47. The van der Waals surface area contributed by atoms with Crippen molar-refractivity contribution in [2.75, 3.05) is 25.1 Å². The van der Waals surface area contributed by atoms with Crippen molar-refractivity contribution in [1.29, 1.82) is 0 Å². The second-order valence-electron chi connectivity index (χ2n) is 5.83. The third-order valence-corrected chi connectivity index (χ3v) is 4.38. The van der Waals surface area contributed by atoms with Gasteiger partial charge in [0.25, 0.3) is 0 Å². The number of anilines is 1. The highest BCUT2D eigenvalue weighted by molar-refractivity contribution is 5.69. The maximum Gasteiger partial charge on any atom is 0.303 e. The van der Waals surface area contributed by atoms with Crippen LogP contribution >= 0.6 is 0 Å². The lowest BCUT2D eigenvalue weighted by atomic mass is 9.88. The van der Waals surface area contributed by atoms with Crippen LogP contribution in [0.1, 0.15) is 42.7 Å². The molecule has 2 aliphatic rings. The average molecular weight is 275 g/mol. The zero-order chi connectivity index (χ0) is 14.1. The first-order valence-corrected chi connectivity index (χ1v) is 7.37. The van der Waals surface area contributed by atoms with Crippen LogP contribution in [0.5, 0.6) is 5.75 Å². The molecule has 20 heavy (non-hydrogen) atoms. The normalized spacial score (nSPS) is 21.4. The number of fused-ring (bicyclic) bond motifs is 2. The second kappa shape index (κ2) is 5.35. The van der Waals surface area contributed by atoms with Gasteiger partial charge in [0.15, 0.2) is 0 Å². The second-order valence-corrected chi connectivity index (χ2v) is 5.83. The predicted octanol–water partition coefficient (Wildman–Crippen LogP) is 2.80. The maximum absolute atomic E-state index is 11.1. The van der Waals surface area contributed by atoms with Gasteiger partial charge in [0.2, 0.25) is 0 Å². The summed E-state index contributed by atoms with van der Waals surface area (Å²) in [5, 5.41) is 9.12. The first-order chi connectivity index (χ1) is 9.65. The summed E-state index contributed by atoms with van der Waals surface area (Å²) in [7, 11) is 2.11. The van der Waals surface area contributed by atoms with Gasteiger partial charge in [-0.2, -0.15) is 0 Å². The summed E-state index contributed by atoms with van der Waals surface area (Å²) in [5.74, 6) is 0.252. The van der Waals surface area contributed by atoms with Gasteiger partial charge < -0.3 is 14.7 Å². The summed E-state index contributed by atoms with van der Waals surface area (Å²) in [6.07, 6.45) is 4.26. The van der Waals surface area contributed by atoms with E-state index in [2.05, 4.69) is 24.1 Å². The zero-order valence-corrected chi connectivity index (χ0v) is 11.9. The lowest BCUT2D eigenvalue weighted by Crippen LogP contribution is -2.25. The van der Waals surface area contributed by atoms with E-state index in [0.29, 0.717) is 6.61 Å². The molecule has 0 fully saturated rings. The third-order valence-electron chi connectivity index (χ3n) is 4.38. The summed E-state index contributed by atoms with van der Waals surface area (Å²) in [6, 6.07) is 4.31. The minimum absolute atomic E-state index is 0.0747. The van der Waals surface area contributed by atoms with Crippen LogP contribution in [-0.4, -0.2) is 31.3 Å². The number of benzene rings is 1. The van der Waals surface area contributed by atoms with Crippen molar-refractivity contribution in [1.82, 2.24) is 0 Å². The molecule has 0 aromatic heterocycles. The fourth-order valence-electron chi connectivity index (χ4n) is 3.34. The van der Waals surface area contributed by atoms with Crippen LogP contribution in [0.15, 0.2) is 12.1 Å². The van der Waals surface area contributed by atoms with Gasteiger partial charge >= 0.3 is 5.97 Å². The lowest BCUT2D eigenvalue weighted by molar-refractivity contribution is -0.137. The van der Waals surface area contributed by atoms with Gasteiger partial charge in [-0.25, -0.2) is 0 Å². The molecule has 4 nitrogen and oxygen atoms in total. The minimum atomic E-state index is -0.728. The van der Waals surface area contributed by atoms with E-state index < -0.39 is 5.97 Å². The highest BCUT2D eigenvalue weighted by Crippen LogP contribution is 2.40. The Morgan fingerprint density at radius 1 is 1.45 bits per heavy atom. The summed E-state index contributed by atoms with van der Waals surface area (Å²) >= 11 is 0. The molecule has 0 radical (unpaired) electrons. The van der Waals surface area contributed by atoms with Crippen molar-refractivity contribution in [2.24, 2.45) is 0 Å². The average Bonchev–Trinajstić information content (AvgIpc) is 2.59. The number of aliphatic carboxylic acids is 1. The molecule has 108 valence electrons. The fraction of sp³-hybridized carbons (Fsp3) is 0.562. The van der Waals surface area contributed by atoms with Crippen LogP contribution in [0.25, 0.3) is 0 Å². The summed E-state index contributed by atoms with van der Waals surface area (Å²) in [6.45, 7) is 1.76. The highest BCUT2D eigenvalue weighted by Gasteiger charge is 2.25. The maximum atomic E-state index is 11.1. The summed E-state index contributed by atoms with van der Waals surface area (Å²) < 4.78 is 5.85. The van der Waals surface area contributed by atoms with Gasteiger partial charge in [-0.05, 0) is 54.9 Å². The van der Waals surface area contributed by atoms with Crippen LogP contribution in [0.4, 0.5) is 5.69 Å². The molecule has 0 amide bonds. The standard InChI is InChI=1S/C16H21NO3/c1-17-6-2-4-12-8-15-13(10-14(12)17)11(9-16(18)19)5-3-7-20-15/h8,10-11H,2-7,9H2,1H3,(H,18,19). The molecule has 0 aliphatic carbocycles. The Morgan fingerprint density at radius 3 is 3.10 bits per heavy atom. The molecular formula is C16H21NO3. The predicted molar refractivity (Wildman–Crippen MR) is 77.8 cm³/mol. The number of carbonyl (C=O) groups is 1. The number of ether oxygens (including phenoxy) is 1. The molecule has 0 saturated carbocycles. The van der Waals surface area contributed by atoms with Gasteiger partial charge in [-0.3, -0.25) is 4.79 Å². The van der Waals surface area contributed by atoms with E-state index >= 15 is 0 Å². The first kappa shape index (κ1) is 13.3. The van der Waals surface area contributed by atoms with E-state index in [1.807, 2.05) is 0 Å². The molecule has 0 bridgehead atoms. The molecule has 0 spiro atoms. The van der Waals surface area contributed by atoms with E-state index in [0.717, 1.165) is 37.1 Å². The molecule has 1 atom stereocenters. The Hall–Kier alpha value is -1.71. The highest BCUT2D eigenvalue weighted by atomic mass is 16.5. The molecular weight excluding hydrogens is 254 g/mol. The van der Waals surface area contributed by atoms with Crippen molar-refractivity contribution in [2.45, 2.75) is 38.0 Å². The van der Waals surface area contributed by atoms with E-state index in [-0.39, 0.29) is 12.3 Å². The molecule has 1 unspecified atom stereocenters. The Labute approximate surface area is 119 Å². The van der Waals surface area contributed by atoms with Gasteiger partial charge in [0, 0.05) is 19.3 Å². The summed E-state index contributed by atoms with van der Waals surface area (Å²) in [5.41, 5.74) is 3.65. The number of carboxylic acids is 1. The molecule has 1 N–H and O–H groups in total. The van der Waals surface area contributed by atoms with E-state index in [4.69, 9.17) is 9.84 Å².